The Labute approximate surface area is 127 Å². The number of rotatable bonds is 4. The van der Waals surface area contributed by atoms with E-state index in [-0.39, 0.29) is 5.56 Å². The van der Waals surface area contributed by atoms with Gasteiger partial charge in [-0.3, -0.25) is 0 Å². The van der Waals surface area contributed by atoms with Gasteiger partial charge in [-0.15, -0.1) is 0 Å². The molecule has 0 aliphatic heterocycles. The summed E-state index contributed by atoms with van der Waals surface area (Å²) in [5.41, 5.74) is 2.22. The van der Waals surface area contributed by atoms with Gasteiger partial charge in [-0.05, 0) is 41.7 Å². The predicted octanol–water partition coefficient (Wildman–Crippen LogP) is 5.18. The second-order valence-electron chi connectivity index (χ2n) is 5.04. The van der Waals surface area contributed by atoms with Crippen molar-refractivity contribution in [1.29, 1.82) is 0 Å². The fourth-order valence-corrected chi connectivity index (χ4v) is 2.53. The van der Waals surface area contributed by atoms with E-state index in [1.807, 2.05) is 24.3 Å². The molecule has 2 aromatic carbocycles. The summed E-state index contributed by atoms with van der Waals surface area (Å²) < 4.78 is 14.5. The zero-order valence-corrected chi connectivity index (χ0v) is 13.2. The highest BCUT2D eigenvalue weighted by molar-refractivity contribution is 9.10. The van der Waals surface area contributed by atoms with E-state index in [4.69, 9.17) is 0 Å². The Morgan fingerprint density at radius 2 is 1.70 bits per heavy atom. The lowest BCUT2D eigenvalue weighted by molar-refractivity contribution is 0.215. The Hall–Kier alpha value is -1.19. The Balaban J connectivity index is 2.29. The molecule has 1 nitrogen and oxygen atoms in total. The molecule has 2 aromatic rings. The van der Waals surface area contributed by atoms with E-state index in [0.29, 0.717) is 11.5 Å². The van der Waals surface area contributed by atoms with E-state index < -0.39 is 11.9 Å². The number of aliphatic hydroxyl groups excluding tert-OH is 1. The lowest BCUT2D eigenvalue weighted by Crippen LogP contribution is -2.03. The molecule has 0 aromatic heterocycles. The van der Waals surface area contributed by atoms with Crippen molar-refractivity contribution in [3.63, 3.8) is 0 Å². The van der Waals surface area contributed by atoms with Crippen molar-refractivity contribution in [2.45, 2.75) is 32.3 Å². The lowest BCUT2D eigenvalue weighted by atomic mass is 9.95. The van der Waals surface area contributed by atoms with Crippen LogP contribution in [-0.2, 0) is 0 Å². The predicted molar refractivity (Wildman–Crippen MR) is 83.3 cm³/mol. The third-order valence-electron chi connectivity index (χ3n) is 3.69. The van der Waals surface area contributed by atoms with Gasteiger partial charge in [-0.25, -0.2) is 4.39 Å². The normalized spacial score (nSPS) is 14.1. The molecule has 2 rings (SSSR count). The maximum Gasteiger partial charge on any atom is 0.129 e. The van der Waals surface area contributed by atoms with Crippen LogP contribution >= 0.6 is 15.9 Å². The Kier molecular flexibility index (Phi) is 4.95. The van der Waals surface area contributed by atoms with E-state index in [2.05, 4.69) is 29.8 Å². The van der Waals surface area contributed by atoms with Crippen LogP contribution in [0.15, 0.2) is 46.9 Å². The van der Waals surface area contributed by atoms with E-state index in [1.165, 1.54) is 11.6 Å². The highest BCUT2D eigenvalue weighted by Gasteiger charge is 2.15. The first-order valence-corrected chi connectivity index (χ1v) is 7.55. The second-order valence-corrected chi connectivity index (χ2v) is 5.96. The largest absolute Gasteiger partial charge is 0.384 e. The third-order valence-corrected chi connectivity index (χ3v) is 4.18. The molecule has 106 valence electrons. The molecule has 0 heterocycles. The average Bonchev–Trinajstić information content (AvgIpc) is 2.48. The van der Waals surface area contributed by atoms with Crippen LogP contribution in [0, 0.1) is 5.82 Å². The lowest BCUT2D eigenvalue weighted by Gasteiger charge is -2.15. The number of hydrogen-bond donors (Lipinski definition) is 1. The van der Waals surface area contributed by atoms with E-state index in [0.717, 1.165) is 10.9 Å². The smallest absolute Gasteiger partial charge is 0.129 e. The standard InChI is InChI=1S/C17H18BrFO/c1-3-11(2)12-4-6-13(7-5-12)17(20)15-10-14(18)8-9-16(15)19/h4-11,17,20H,3H2,1-2H3. The fourth-order valence-electron chi connectivity index (χ4n) is 2.15. The minimum atomic E-state index is -0.946. The van der Waals surface area contributed by atoms with Gasteiger partial charge in [0, 0.05) is 10.0 Å². The molecule has 1 N–H and O–H groups in total. The van der Waals surface area contributed by atoms with Crippen molar-refractivity contribution in [3.8, 4) is 0 Å². The van der Waals surface area contributed by atoms with Crippen molar-refractivity contribution in [2.24, 2.45) is 0 Å². The summed E-state index contributed by atoms with van der Waals surface area (Å²) in [5, 5.41) is 10.3. The summed E-state index contributed by atoms with van der Waals surface area (Å²) >= 11 is 3.30. The summed E-state index contributed by atoms with van der Waals surface area (Å²) in [6.07, 6.45) is 0.126. The quantitative estimate of drug-likeness (QED) is 0.815. The molecule has 0 saturated carbocycles. The maximum atomic E-state index is 13.8. The van der Waals surface area contributed by atoms with Crippen LogP contribution in [0.25, 0.3) is 0 Å². The van der Waals surface area contributed by atoms with E-state index in [1.54, 1.807) is 12.1 Å². The number of hydrogen-bond acceptors (Lipinski definition) is 1. The molecule has 0 amide bonds. The third kappa shape index (κ3) is 3.28. The minimum absolute atomic E-state index is 0.288. The van der Waals surface area contributed by atoms with Gasteiger partial charge >= 0.3 is 0 Å². The number of aliphatic hydroxyl groups is 1. The van der Waals surface area contributed by atoms with Gasteiger partial charge in [0.05, 0.1) is 0 Å². The number of benzene rings is 2. The van der Waals surface area contributed by atoms with Gasteiger partial charge in [0.2, 0.25) is 0 Å². The van der Waals surface area contributed by atoms with Crippen molar-refractivity contribution in [3.05, 3.63) is 69.4 Å². The maximum absolute atomic E-state index is 13.8. The Morgan fingerprint density at radius 3 is 2.30 bits per heavy atom. The van der Waals surface area contributed by atoms with Gasteiger partial charge in [0.25, 0.3) is 0 Å². The highest BCUT2D eigenvalue weighted by atomic mass is 79.9. The highest BCUT2D eigenvalue weighted by Crippen LogP contribution is 2.28. The molecule has 0 radical (unpaired) electrons. The van der Waals surface area contributed by atoms with Crippen molar-refractivity contribution in [1.82, 2.24) is 0 Å². The monoisotopic (exact) mass is 336 g/mol. The molecular formula is C17H18BrFO. The minimum Gasteiger partial charge on any atom is -0.384 e. The molecular weight excluding hydrogens is 319 g/mol. The molecule has 2 atom stereocenters. The summed E-state index contributed by atoms with van der Waals surface area (Å²) in [5.74, 6) is 0.0931. The Morgan fingerprint density at radius 1 is 1.10 bits per heavy atom. The van der Waals surface area contributed by atoms with Crippen LogP contribution in [0.4, 0.5) is 4.39 Å². The van der Waals surface area contributed by atoms with Gasteiger partial charge in [-0.2, -0.15) is 0 Å². The van der Waals surface area contributed by atoms with Gasteiger partial charge in [-0.1, -0.05) is 54.0 Å². The molecule has 0 saturated heterocycles. The van der Waals surface area contributed by atoms with Gasteiger partial charge < -0.3 is 5.11 Å². The van der Waals surface area contributed by atoms with Crippen molar-refractivity contribution < 1.29 is 9.50 Å². The first-order valence-electron chi connectivity index (χ1n) is 6.75. The molecule has 3 heteroatoms. The molecule has 2 unspecified atom stereocenters. The SMILES string of the molecule is CCC(C)c1ccc(C(O)c2cc(Br)ccc2F)cc1. The van der Waals surface area contributed by atoms with Crippen molar-refractivity contribution in [2.75, 3.05) is 0 Å². The molecule has 0 fully saturated rings. The summed E-state index contributed by atoms with van der Waals surface area (Å²) in [6, 6.07) is 12.3. The van der Waals surface area contributed by atoms with Crippen LogP contribution in [0.3, 0.4) is 0 Å². The van der Waals surface area contributed by atoms with Gasteiger partial charge in [0.1, 0.15) is 11.9 Å². The molecule has 0 aliphatic carbocycles. The van der Waals surface area contributed by atoms with E-state index >= 15 is 0 Å². The zero-order valence-electron chi connectivity index (χ0n) is 11.6. The molecule has 0 spiro atoms. The summed E-state index contributed by atoms with van der Waals surface area (Å²) in [4.78, 5) is 0. The van der Waals surface area contributed by atoms with Crippen LogP contribution in [0.1, 0.15) is 49.0 Å². The zero-order chi connectivity index (χ0) is 14.7. The van der Waals surface area contributed by atoms with Crippen LogP contribution in [-0.4, -0.2) is 5.11 Å². The van der Waals surface area contributed by atoms with Crippen LogP contribution in [0.2, 0.25) is 0 Å². The van der Waals surface area contributed by atoms with Crippen LogP contribution in [0.5, 0.6) is 0 Å². The first kappa shape index (κ1) is 15.2. The second kappa shape index (κ2) is 6.51. The summed E-state index contributed by atoms with van der Waals surface area (Å²) in [6.45, 7) is 4.31. The molecule has 0 aliphatic rings. The summed E-state index contributed by atoms with van der Waals surface area (Å²) in [7, 11) is 0. The molecule has 0 bridgehead atoms. The first-order chi connectivity index (χ1) is 9.52. The topological polar surface area (TPSA) is 20.2 Å². The van der Waals surface area contributed by atoms with Gasteiger partial charge in [0.15, 0.2) is 0 Å². The molecule has 20 heavy (non-hydrogen) atoms. The number of halogens is 2. The fraction of sp³-hybridized carbons (Fsp3) is 0.294. The average molecular weight is 337 g/mol. The Bertz CT molecular complexity index is 580. The van der Waals surface area contributed by atoms with Crippen molar-refractivity contribution >= 4 is 15.9 Å². The van der Waals surface area contributed by atoms with Crippen LogP contribution < -0.4 is 0 Å². The van der Waals surface area contributed by atoms with E-state index in [9.17, 15) is 9.50 Å².